The minimum atomic E-state index is -0.501. The van der Waals surface area contributed by atoms with Gasteiger partial charge in [0.2, 0.25) is 0 Å². The maximum absolute atomic E-state index is 9.57. The van der Waals surface area contributed by atoms with E-state index in [1.165, 1.54) is 0 Å². The summed E-state index contributed by atoms with van der Waals surface area (Å²) < 4.78 is 6.78. The molecule has 20 heavy (non-hydrogen) atoms. The lowest BCUT2D eigenvalue weighted by Gasteiger charge is -2.14. The molecule has 0 aliphatic rings. The van der Waals surface area contributed by atoms with Gasteiger partial charge in [-0.1, -0.05) is 17.7 Å². The Hall–Kier alpha value is -1.03. The second-order valence-electron chi connectivity index (χ2n) is 4.84. The van der Waals surface area contributed by atoms with Crippen molar-refractivity contribution >= 4 is 27.5 Å². The van der Waals surface area contributed by atoms with E-state index in [9.17, 15) is 5.11 Å². The van der Waals surface area contributed by atoms with E-state index in [1.807, 2.05) is 44.2 Å². The Bertz CT molecular complexity index is 615. The van der Waals surface area contributed by atoms with E-state index in [-0.39, 0.29) is 0 Å². The fourth-order valence-electron chi connectivity index (χ4n) is 2.03. The summed E-state index contributed by atoms with van der Waals surface area (Å²) in [6.07, 6.45) is -0.501. The van der Waals surface area contributed by atoms with Crippen LogP contribution in [0.4, 0.5) is 0 Å². The molecule has 0 aromatic heterocycles. The fraction of sp³-hybridized carbons (Fsp3) is 0.250. The number of aliphatic hydroxyl groups is 1. The Morgan fingerprint density at radius 2 is 1.75 bits per heavy atom. The lowest BCUT2D eigenvalue weighted by atomic mass is 10.1. The lowest BCUT2D eigenvalue weighted by Crippen LogP contribution is -1.95. The molecule has 0 heterocycles. The molecule has 0 aliphatic heterocycles. The zero-order valence-corrected chi connectivity index (χ0v) is 13.9. The zero-order valence-electron chi connectivity index (χ0n) is 11.6. The summed E-state index contributed by atoms with van der Waals surface area (Å²) in [6.45, 7) is 5.66. The fourth-order valence-corrected chi connectivity index (χ4v) is 2.83. The van der Waals surface area contributed by atoms with Crippen molar-refractivity contribution in [3.05, 3.63) is 56.5 Å². The smallest absolute Gasteiger partial charge is 0.141 e. The quantitative estimate of drug-likeness (QED) is 0.780. The van der Waals surface area contributed by atoms with Crippen LogP contribution >= 0.6 is 27.5 Å². The molecule has 0 saturated heterocycles. The summed E-state index contributed by atoms with van der Waals surface area (Å²) in [5, 5.41) is 10.3. The minimum Gasteiger partial charge on any atom is -0.456 e. The van der Waals surface area contributed by atoms with Gasteiger partial charge in [-0.3, -0.25) is 0 Å². The van der Waals surface area contributed by atoms with E-state index in [0.29, 0.717) is 10.8 Å². The number of benzene rings is 2. The van der Waals surface area contributed by atoms with Crippen LogP contribution in [0.1, 0.15) is 29.7 Å². The van der Waals surface area contributed by atoms with Gasteiger partial charge in [0, 0.05) is 5.02 Å². The third kappa shape index (κ3) is 3.35. The zero-order chi connectivity index (χ0) is 14.9. The van der Waals surface area contributed by atoms with Crippen LogP contribution in [0.5, 0.6) is 11.5 Å². The number of rotatable bonds is 3. The van der Waals surface area contributed by atoms with Crippen LogP contribution in [0.25, 0.3) is 0 Å². The van der Waals surface area contributed by atoms with Crippen molar-refractivity contribution < 1.29 is 9.84 Å². The van der Waals surface area contributed by atoms with Crippen LogP contribution in [-0.4, -0.2) is 5.11 Å². The van der Waals surface area contributed by atoms with E-state index < -0.39 is 6.10 Å². The molecule has 0 radical (unpaired) electrons. The van der Waals surface area contributed by atoms with Gasteiger partial charge >= 0.3 is 0 Å². The molecule has 0 fully saturated rings. The van der Waals surface area contributed by atoms with Gasteiger partial charge in [-0.2, -0.15) is 0 Å². The van der Waals surface area contributed by atoms with Gasteiger partial charge < -0.3 is 9.84 Å². The van der Waals surface area contributed by atoms with Crippen molar-refractivity contribution in [2.75, 3.05) is 0 Å². The third-order valence-electron chi connectivity index (χ3n) is 3.08. The Labute approximate surface area is 132 Å². The first kappa shape index (κ1) is 15.4. The van der Waals surface area contributed by atoms with Crippen LogP contribution in [0.2, 0.25) is 5.02 Å². The molecule has 106 valence electrons. The third-order valence-corrected chi connectivity index (χ3v) is 3.91. The normalized spacial score (nSPS) is 12.3. The molecule has 1 atom stereocenters. The maximum atomic E-state index is 9.57. The maximum Gasteiger partial charge on any atom is 0.141 e. The highest BCUT2D eigenvalue weighted by molar-refractivity contribution is 9.10. The van der Waals surface area contributed by atoms with Gasteiger partial charge in [0.1, 0.15) is 11.5 Å². The Morgan fingerprint density at radius 3 is 2.25 bits per heavy atom. The topological polar surface area (TPSA) is 29.5 Å². The van der Waals surface area contributed by atoms with Gasteiger partial charge in [-0.15, -0.1) is 0 Å². The molecule has 4 heteroatoms. The summed E-state index contributed by atoms with van der Waals surface area (Å²) in [5.74, 6) is 1.52. The number of aryl methyl sites for hydroxylation is 2. The van der Waals surface area contributed by atoms with Crippen LogP contribution < -0.4 is 4.74 Å². The van der Waals surface area contributed by atoms with Crippen molar-refractivity contribution in [2.45, 2.75) is 26.9 Å². The van der Waals surface area contributed by atoms with Crippen LogP contribution in [0.15, 0.2) is 34.8 Å². The summed E-state index contributed by atoms with van der Waals surface area (Å²) in [4.78, 5) is 0. The van der Waals surface area contributed by atoms with E-state index in [4.69, 9.17) is 16.3 Å². The van der Waals surface area contributed by atoms with Crippen LogP contribution in [-0.2, 0) is 0 Å². The number of hydrogen-bond acceptors (Lipinski definition) is 2. The molecule has 1 N–H and O–H groups in total. The predicted octanol–water partition coefficient (Wildman–Crippen LogP) is 5.56. The standard InChI is InChI=1S/C16H16BrClO2/c1-9-6-13(18)7-10(2)16(9)20-15-5-4-12(11(3)19)8-14(15)17/h4-8,11,19H,1-3H3. The Balaban J connectivity index is 2.36. The number of halogens is 2. The van der Waals surface area contributed by atoms with Gasteiger partial charge in [0.25, 0.3) is 0 Å². The highest BCUT2D eigenvalue weighted by Crippen LogP contribution is 2.36. The molecule has 0 saturated carbocycles. The van der Waals surface area contributed by atoms with Crippen molar-refractivity contribution in [1.29, 1.82) is 0 Å². The molecule has 0 bridgehead atoms. The van der Waals surface area contributed by atoms with Gasteiger partial charge in [-0.05, 0) is 77.7 Å². The Kier molecular flexibility index (Phi) is 4.74. The highest BCUT2D eigenvalue weighted by Gasteiger charge is 2.11. The van der Waals surface area contributed by atoms with E-state index in [0.717, 1.165) is 26.9 Å². The lowest BCUT2D eigenvalue weighted by molar-refractivity contribution is 0.199. The first-order chi connectivity index (χ1) is 9.38. The summed E-state index contributed by atoms with van der Waals surface area (Å²) in [7, 11) is 0. The first-order valence-electron chi connectivity index (χ1n) is 6.30. The predicted molar refractivity (Wildman–Crippen MR) is 85.8 cm³/mol. The Morgan fingerprint density at radius 1 is 1.15 bits per heavy atom. The number of hydrogen-bond donors (Lipinski definition) is 1. The van der Waals surface area contributed by atoms with Crippen molar-refractivity contribution in [2.24, 2.45) is 0 Å². The average Bonchev–Trinajstić information content (AvgIpc) is 2.34. The molecule has 0 spiro atoms. The molecule has 2 aromatic carbocycles. The largest absolute Gasteiger partial charge is 0.456 e. The molecular formula is C16H16BrClO2. The van der Waals surface area contributed by atoms with Crippen LogP contribution in [0, 0.1) is 13.8 Å². The molecule has 0 aliphatic carbocycles. The van der Waals surface area contributed by atoms with E-state index in [2.05, 4.69) is 15.9 Å². The second-order valence-corrected chi connectivity index (χ2v) is 6.13. The molecule has 2 aromatic rings. The molecule has 1 unspecified atom stereocenters. The molecular weight excluding hydrogens is 340 g/mol. The second kappa shape index (κ2) is 6.17. The van der Waals surface area contributed by atoms with Crippen molar-refractivity contribution in [3.63, 3.8) is 0 Å². The number of aliphatic hydroxyl groups excluding tert-OH is 1. The summed E-state index contributed by atoms with van der Waals surface area (Å²) in [6, 6.07) is 9.31. The average molecular weight is 356 g/mol. The molecule has 2 nitrogen and oxygen atoms in total. The van der Waals surface area contributed by atoms with Crippen molar-refractivity contribution in [1.82, 2.24) is 0 Å². The molecule has 0 amide bonds. The van der Waals surface area contributed by atoms with Gasteiger partial charge in [0.05, 0.1) is 10.6 Å². The minimum absolute atomic E-state index is 0.501. The van der Waals surface area contributed by atoms with Crippen LogP contribution in [0.3, 0.4) is 0 Å². The van der Waals surface area contributed by atoms with E-state index in [1.54, 1.807) is 6.92 Å². The number of ether oxygens (including phenoxy) is 1. The van der Waals surface area contributed by atoms with Gasteiger partial charge in [0.15, 0.2) is 0 Å². The van der Waals surface area contributed by atoms with E-state index >= 15 is 0 Å². The van der Waals surface area contributed by atoms with Gasteiger partial charge in [-0.25, -0.2) is 0 Å². The SMILES string of the molecule is Cc1cc(Cl)cc(C)c1Oc1ccc(C(C)O)cc1Br. The first-order valence-corrected chi connectivity index (χ1v) is 7.47. The summed E-state index contributed by atoms with van der Waals surface area (Å²) in [5.41, 5.74) is 2.82. The molecule has 2 rings (SSSR count). The monoisotopic (exact) mass is 354 g/mol. The summed E-state index contributed by atoms with van der Waals surface area (Å²) >= 11 is 9.49. The van der Waals surface area contributed by atoms with Crippen molar-refractivity contribution in [3.8, 4) is 11.5 Å². The highest BCUT2D eigenvalue weighted by atomic mass is 79.9.